The number of amides is 1. The van der Waals surface area contributed by atoms with E-state index >= 15 is 0 Å². The Morgan fingerprint density at radius 1 is 1.67 bits per heavy atom. The van der Waals surface area contributed by atoms with Gasteiger partial charge in [-0.2, -0.15) is 0 Å². The lowest BCUT2D eigenvalue weighted by Gasteiger charge is -2.06. The summed E-state index contributed by atoms with van der Waals surface area (Å²) in [6.45, 7) is 4.00. The van der Waals surface area contributed by atoms with E-state index in [-0.39, 0.29) is 0 Å². The van der Waals surface area contributed by atoms with Crippen molar-refractivity contribution in [3.8, 4) is 0 Å². The van der Waals surface area contributed by atoms with Crippen LogP contribution in [-0.4, -0.2) is 11.3 Å². The highest BCUT2D eigenvalue weighted by molar-refractivity contribution is 6.30. The van der Waals surface area contributed by atoms with Gasteiger partial charge in [-0.3, -0.25) is 4.79 Å². The highest BCUT2D eigenvalue weighted by atomic mass is 35.5. The minimum Gasteiger partial charge on any atom is -0.368 e. The highest BCUT2D eigenvalue weighted by Crippen LogP contribution is 2.09. The van der Waals surface area contributed by atoms with Crippen molar-refractivity contribution in [2.24, 2.45) is 11.7 Å². The molecular weight excluding hydrogens is 138 g/mol. The molecule has 0 saturated carbocycles. The summed E-state index contributed by atoms with van der Waals surface area (Å²) in [4.78, 5) is 10.3. The lowest BCUT2D eigenvalue weighted by Crippen LogP contribution is -2.24. The number of halogens is 1. The third-order valence-corrected chi connectivity index (χ3v) is 1.38. The smallest absolute Gasteiger partial charge is 0.235 e. The SMILES string of the molecule is CC(C)CC(Cl)C(N)=O. The first-order chi connectivity index (χ1) is 4.04. The average molecular weight is 150 g/mol. The van der Waals surface area contributed by atoms with Gasteiger partial charge in [-0.1, -0.05) is 13.8 Å². The molecule has 0 saturated heterocycles. The maximum atomic E-state index is 10.3. The minimum atomic E-state index is -0.495. The molecule has 0 aliphatic carbocycles. The van der Waals surface area contributed by atoms with Gasteiger partial charge >= 0.3 is 0 Å². The molecule has 0 radical (unpaired) electrons. The Labute approximate surface area is 60.4 Å². The summed E-state index contributed by atoms with van der Waals surface area (Å²) in [6, 6.07) is 0. The van der Waals surface area contributed by atoms with E-state index in [1.165, 1.54) is 0 Å². The van der Waals surface area contributed by atoms with Gasteiger partial charge in [0.25, 0.3) is 0 Å². The summed E-state index contributed by atoms with van der Waals surface area (Å²) in [6.07, 6.45) is 0.664. The Hall–Kier alpha value is -0.240. The van der Waals surface area contributed by atoms with Gasteiger partial charge < -0.3 is 5.73 Å². The zero-order valence-electron chi connectivity index (χ0n) is 5.73. The molecule has 0 bridgehead atoms. The normalized spacial score (nSPS) is 13.8. The monoisotopic (exact) mass is 149 g/mol. The maximum Gasteiger partial charge on any atom is 0.235 e. The van der Waals surface area contributed by atoms with E-state index in [0.29, 0.717) is 12.3 Å². The van der Waals surface area contributed by atoms with Crippen LogP contribution in [0.1, 0.15) is 20.3 Å². The number of hydrogen-bond donors (Lipinski definition) is 1. The molecule has 9 heavy (non-hydrogen) atoms. The minimum absolute atomic E-state index is 0.426. The number of hydrogen-bond acceptors (Lipinski definition) is 1. The molecule has 1 amide bonds. The van der Waals surface area contributed by atoms with Gasteiger partial charge in [0, 0.05) is 0 Å². The van der Waals surface area contributed by atoms with Crippen molar-refractivity contribution in [3.05, 3.63) is 0 Å². The van der Waals surface area contributed by atoms with Crippen LogP contribution in [0.5, 0.6) is 0 Å². The second-order valence-electron chi connectivity index (χ2n) is 2.50. The summed E-state index contributed by atoms with van der Waals surface area (Å²) in [7, 11) is 0. The quantitative estimate of drug-likeness (QED) is 0.601. The first-order valence-electron chi connectivity index (χ1n) is 2.97. The Morgan fingerprint density at radius 3 is 2.22 bits per heavy atom. The molecule has 0 rings (SSSR count). The van der Waals surface area contributed by atoms with Crippen LogP contribution in [0.15, 0.2) is 0 Å². The molecule has 2 N–H and O–H groups in total. The van der Waals surface area contributed by atoms with Crippen molar-refractivity contribution in [1.82, 2.24) is 0 Å². The summed E-state index contributed by atoms with van der Waals surface area (Å²) in [5.41, 5.74) is 4.91. The summed E-state index contributed by atoms with van der Waals surface area (Å²) in [5.74, 6) is 0.00497. The maximum absolute atomic E-state index is 10.3. The number of nitrogens with two attached hydrogens (primary N) is 1. The fourth-order valence-electron chi connectivity index (χ4n) is 0.530. The average Bonchev–Trinajstić information content (AvgIpc) is 1.63. The number of carbonyl (C=O) groups excluding carboxylic acids is 1. The number of carbonyl (C=O) groups is 1. The zero-order chi connectivity index (χ0) is 7.44. The molecule has 1 unspecified atom stereocenters. The van der Waals surface area contributed by atoms with Gasteiger partial charge in [-0.05, 0) is 12.3 Å². The molecule has 0 aliphatic heterocycles. The van der Waals surface area contributed by atoms with E-state index in [1.54, 1.807) is 0 Å². The van der Waals surface area contributed by atoms with Gasteiger partial charge in [-0.25, -0.2) is 0 Å². The van der Waals surface area contributed by atoms with E-state index in [1.807, 2.05) is 13.8 Å². The van der Waals surface area contributed by atoms with Crippen LogP contribution in [0.2, 0.25) is 0 Å². The molecule has 0 aromatic heterocycles. The molecule has 0 aliphatic rings. The van der Waals surface area contributed by atoms with Gasteiger partial charge in [0.05, 0.1) is 0 Å². The second-order valence-corrected chi connectivity index (χ2v) is 3.03. The molecule has 0 spiro atoms. The first-order valence-corrected chi connectivity index (χ1v) is 3.41. The molecule has 0 fully saturated rings. The van der Waals surface area contributed by atoms with Crippen LogP contribution in [-0.2, 0) is 4.79 Å². The third-order valence-electron chi connectivity index (χ3n) is 0.987. The molecule has 54 valence electrons. The second kappa shape index (κ2) is 3.72. The van der Waals surface area contributed by atoms with Crippen LogP contribution < -0.4 is 5.73 Å². The fourth-order valence-corrected chi connectivity index (χ4v) is 0.886. The first kappa shape index (κ1) is 8.76. The highest BCUT2D eigenvalue weighted by Gasteiger charge is 2.11. The van der Waals surface area contributed by atoms with Gasteiger partial charge in [0.1, 0.15) is 5.38 Å². The Kier molecular flexibility index (Phi) is 3.62. The largest absolute Gasteiger partial charge is 0.368 e. The van der Waals surface area contributed by atoms with Crippen molar-refractivity contribution in [1.29, 1.82) is 0 Å². The van der Waals surface area contributed by atoms with E-state index in [0.717, 1.165) is 0 Å². The van der Waals surface area contributed by atoms with Gasteiger partial charge in [0.15, 0.2) is 0 Å². The molecule has 0 aromatic rings. The molecular formula is C6H12ClNO. The van der Waals surface area contributed by atoms with Crippen LogP contribution in [0.3, 0.4) is 0 Å². The Morgan fingerprint density at radius 2 is 2.11 bits per heavy atom. The van der Waals surface area contributed by atoms with Crippen molar-refractivity contribution >= 4 is 17.5 Å². The summed E-state index contributed by atoms with van der Waals surface area (Å²) in [5, 5.41) is -0.495. The molecule has 0 aromatic carbocycles. The fraction of sp³-hybridized carbons (Fsp3) is 0.833. The Bertz CT molecular complexity index is 103. The van der Waals surface area contributed by atoms with Crippen molar-refractivity contribution in [2.45, 2.75) is 25.6 Å². The number of primary amides is 1. The number of alkyl halides is 1. The van der Waals surface area contributed by atoms with E-state index in [2.05, 4.69) is 0 Å². The van der Waals surface area contributed by atoms with Crippen molar-refractivity contribution in [2.75, 3.05) is 0 Å². The van der Waals surface area contributed by atoms with E-state index in [4.69, 9.17) is 17.3 Å². The third kappa shape index (κ3) is 4.28. The van der Waals surface area contributed by atoms with E-state index < -0.39 is 11.3 Å². The standard InChI is InChI=1S/C6H12ClNO/c1-4(2)3-5(7)6(8)9/h4-5H,3H2,1-2H3,(H2,8,9). The van der Waals surface area contributed by atoms with Gasteiger partial charge in [-0.15, -0.1) is 11.6 Å². The lowest BCUT2D eigenvalue weighted by atomic mass is 10.1. The topological polar surface area (TPSA) is 43.1 Å². The van der Waals surface area contributed by atoms with Crippen LogP contribution in [0.25, 0.3) is 0 Å². The predicted octanol–water partition coefficient (Wildman–Crippen LogP) is 1.13. The molecule has 0 heterocycles. The van der Waals surface area contributed by atoms with E-state index in [9.17, 15) is 4.79 Å². The summed E-state index contributed by atoms with van der Waals surface area (Å²) >= 11 is 5.54. The van der Waals surface area contributed by atoms with Crippen molar-refractivity contribution < 1.29 is 4.79 Å². The van der Waals surface area contributed by atoms with Crippen LogP contribution >= 0.6 is 11.6 Å². The molecule has 3 heteroatoms. The van der Waals surface area contributed by atoms with Crippen LogP contribution in [0, 0.1) is 5.92 Å². The van der Waals surface area contributed by atoms with Crippen LogP contribution in [0.4, 0.5) is 0 Å². The Balaban J connectivity index is 3.50. The lowest BCUT2D eigenvalue weighted by molar-refractivity contribution is -0.117. The van der Waals surface area contributed by atoms with Crippen molar-refractivity contribution in [3.63, 3.8) is 0 Å². The van der Waals surface area contributed by atoms with Gasteiger partial charge in [0.2, 0.25) is 5.91 Å². The number of rotatable bonds is 3. The molecule has 2 nitrogen and oxygen atoms in total. The summed E-state index contributed by atoms with van der Waals surface area (Å²) < 4.78 is 0. The predicted molar refractivity (Wildman–Crippen MR) is 38.3 cm³/mol. The molecule has 1 atom stereocenters. The zero-order valence-corrected chi connectivity index (χ0v) is 6.48.